The Labute approximate surface area is 86.2 Å². The van der Waals surface area contributed by atoms with Crippen LogP contribution in [-0.2, 0) is 0 Å². The topological polar surface area (TPSA) is 0 Å². The summed E-state index contributed by atoms with van der Waals surface area (Å²) in [7, 11) is 0. The van der Waals surface area contributed by atoms with Crippen LogP contribution in [-0.4, -0.2) is 33.6 Å². The summed E-state index contributed by atoms with van der Waals surface area (Å²) in [5, 5.41) is 0. The molecule has 2 heteroatoms. The van der Waals surface area contributed by atoms with Gasteiger partial charge in [-0.15, -0.1) is 0 Å². The van der Waals surface area contributed by atoms with Crippen molar-refractivity contribution in [2.45, 2.75) is 13.8 Å². The van der Waals surface area contributed by atoms with Crippen LogP contribution in [0.4, 0.5) is 0 Å². The summed E-state index contributed by atoms with van der Waals surface area (Å²) in [6.07, 6.45) is 0. The number of hydrogen-bond acceptors (Lipinski definition) is 0. The third kappa shape index (κ3) is 1.60. The van der Waals surface area contributed by atoms with Crippen molar-refractivity contribution >= 4 is 42.4 Å². The first-order chi connectivity index (χ1) is 5.77. The predicted molar refractivity (Wildman–Crippen MR) is 57.1 cm³/mol. The van der Waals surface area contributed by atoms with E-state index < -0.39 is 0 Å². The minimum atomic E-state index is 0.154. The zero-order chi connectivity index (χ0) is 8.55. The molecule has 3 radical (unpaired) electrons. The van der Waals surface area contributed by atoms with Gasteiger partial charge in [0, 0.05) is 0 Å². The van der Waals surface area contributed by atoms with Gasteiger partial charge >= 0.3 is 86.4 Å². The van der Waals surface area contributed by atoms with Gasteiger partial charge in [0.25, 0.3) is 0 Å². The SMILES string of the molecule is CC(C)[C]1=[Ge][c]2cccc[c]2[Ge]1. The van der Waals surface area contributed by atoms with Crippen LogP contribution < -0.4 is 8.79 Å². The van der Waals surface area contributed by atoms with Crippen LogP contribution in [0.3, 0.4) is 0 Å². The Kier molecular flexibility index (Phi) is 2.56. The molecule has 0 N–H and O–H groups in total. The maximum absolute atomic E-state index is 2.36. The van der Waals surface area contributed by atoms with Crippen molar-refractivity contribution in [1.29, 1.82) is 0 Å². The Morgan fingerprint density at radius 3 is 2.33 bits per heavy atom. The molecule has 0 fully saturated rings. The van der Waals surface area contributed by atoms with Crippen molar-refractivity contribution in [2.24, 2.45) is 5.92 Å². The monoisotopic (exact) mass is 279 g/mol. The van der Waals surface area contributed by atoms with E-state index in [1.165, 1.54) is 0 Å². The molecule has 0 bridgehead atoms. The third-order valence-electron chi connectivity index (χ3n) is 2.04. The number of fused-ring (bicyclic) bond motifs is 1. The zero-order valence-corrected chi connectivity index (χ0v) is 11.6. The maximum atomic E-state index is 2.36. The van der Waals surface area contributed by atoms with Gasteiger partial charge in [-0.25, -0.2) is 0 Å². The van der Waals surface area contributed by atoms with Crippen LogP contribution >= 0.6 is 0 Å². The molecule has 1 aromatic carbocycles. The van der Waals surface area contributed by atoms with Gasteiger partial charge < -0.3 is 0 Å². The molecule has 0 saturated heterocycles. The van der Waals surface area contributed by atoms with Crippen molar-refractivity contribution in [3.05, 3.63) is 24.3 Å². The van der Waals surface area contributed by atoms with Crippen molar-refractivity contribution < 1.29 is 0 Å². The fourth-order valence-corrected chi connectivity index (χ4v) is 10.5. The quantitative estimate of drug-likeness (QED) is 0.641. The molecule has 1 aliphatic heterocycles. The summed E-state index contributed by atoms with van der Waals surface area (Å²) in [6.45, 7) is 4.71. The number of rotatable bonds is 1. The van der Waals surface area contributed by atoms with Crippen LogP contribution in [0.25, 0.3) is 0 Å². The second-order valence-electron chi connectivity index (χ2n) is 3.36. The number of hydrogen-bond donors (Lipinski definition) is 0. The minimum absolute atomic E-state index is 0.154. The fourth-order valence-electron chi connectivity index (χ4n) is 1.31. The van der Waals surface area contributed by atoms with E-state index in [0.29, 0.717) is 0 Å². The molecular formula is C10H11Ge2. The molecule has 0 unspecified atom stereocenters. The Hall–Kier alpha value is 0.176. The molecule has 12 heavy (non-hydrogen) atoms. The first kappa shape index (κ1) is 8.76. The van der Waals surface area contributed by atoms with Crippen LogP contribution in [0.5, 0.6) is 0 Å². The summed E-state index contributed by atoms with van der Waals surface area (Å²) in [5.74, 6) is 0.859. The van der Waals surface area contributed by atoms with Gasteiger partial charge in [-0.1, -0.05) is 0 Å². The molecule has 59 valence electrons. The predicted octanol–water partition coefficient (Wildman–Crippen LogP) is 0.145. The van der Waals surface area contributed by atoms with Crippen molar-refractivity contribution in [2.75, 3.05) is 0 Å². The summed E-state index contributed by atoms with van der Waals surface area (Å²) in [6, 6.07) is 9.07. The van der Waals surface area contributed by atoms with Gasteiger partial charge in [-0.05, 0) is 0 Å². The molecule has 0 atom stereocenters. The van der Waals surface area contributed by atoms with E-state index >= 15 is 0 Å². The van der Waals surface area contributed by atoms with Gasteiger partial charge in [0.2, 0.25) is 0 Å². The van der Waals surface area contributed by atoms with Gasteiger partial charge in [0.15, 0.2) is 0 Å². The molecule has 0 amide bonds. The molecule has 2 rings (SSSR count). The van der Waals surface area contributed by atoms with Gasteiger partial charge in [0.05, 0.1) is 0 Å². The second-order valence-corrected chi connectivity index (χ2v) is 11.1. The van der Waals surface area contributed by atoms with E-state index in [-0.39, 0.29) is 30.4 Å². The van der Waals surface area contributed by atoms with E-state index in [1.54, 1.807) is 8.79 Å². The molecular weight excluding hydrogens is 265 g/mol. The summed E-state index contributed by atoms with van der Waals surface area (Å²) in [5.41, 5.74) is 0. The second kappa shape index (κ2) is 3.50. The van der Waals surface area contributed by atoms with Gasteiger partial charge in [-0.3, -0.25) is 0 Å². The van der Waals surface area contributed by atoms with Crippen molar-refractivity contribution in [3.8, 4) is 0 Å². The molecule has 1 aliphatic rings. The van der Waals surface area contributed by atoms with Crippen LogP contribution in [0.1, 0.15) is 13.8 Å². The van der Waals surface area contributed by atoms with Crippen LogP contribution in [0.15, 0.2) is 24.3 Å². The van der Waals surface area contributed by atoms with Gasteiger partial charge in [0.1, 0.15) is 0 Å². The van der Waals surface area contributed by atoms with Crippen molar-refractivity contribution in [1.82, 2.24) is 0 Å². The molecule has 1 heterocycles. The first-order valence-corrected chi connectivity index (χ1v) is 8.47. The molecule has 0 nitrogen and oxygen atoms in total. The van der Waals surface area contributed by atoms with E-state index in [1.807, 2.05) is 3.18 Å². The Balaban J connectivity index is 2.35. The molecule has 0 spiro atoms. The van der Waals surface area contributed by atoms with E-state index in [2.05, 4.69) is 38.1 Å². The standard InChI is InChI=1S/C10H11Ge2/c1-7(2)10-11-8-5-3-4-6-9(8)12-10/h3-7H,1-2H3. The third-order valence-corrected chi connectivity index (χ3v) is 12.4. The van der Waals surface area contributed by atoms with Crippen molar-refractivity contribution in [3.63, 3.8) is 0 Å². The van der Waals surface area contributed by atoms with Crippen LogP contribution in [0.2, 0.25) is 0 Å². The molecule has 0 aromatic heterocycles. The van der Waals surface area contributed by atoms with E-state index in [9.17, 15) is 0 Å². The first-order valence-electron chi connectivity index (χ1n) is 4.27. The van der Waals surface area contributed by atoms with E-state index in [4.69, 9.17) is 0 Å². The summed E-state index contributed by atoms with van der Waals surface area (Å²) in [4.78, 5) is 0. The molecule has 0 aliphatic carbocycles. The van der Waals surface area contributed by atoms with E-state index in [0.717, 1.165) is 5.92 Å². The Morgan fingerprint density at radius 2 is 1.75 bits per heavy atom. The van der Waals surface area contributed by atoms with Gasteiger partial charge in [-0.2, -0.15) is 0 Å². The average Bonchev–Trinajstić information content (AvgIpc) is 2.46. The Bertz CT molecular complexity index is 326. The fraction of sp³-hybridized carbons (Fsp3) is 0.300. The average molecular weight is 276 g/mol. The zero-order valence-electron chi connectivity index (χ0n) is 7.39. The van der Waals surface area contributed by atoms with Crippen LogP contribution in [0, 0.1) is 5.92 Å². The molecule has 1 aromatic rings. The summed E-state index contributed by atoms with van der Waals surface area (Å²) >= 11 is 0.309. The normalized spacial score (nSPS) is 14.8. The summed E-state index contributed by atoms with van der Waals surface area (Å²) < 4.78 is 5.39. The molecule has 0 saturated carbocycles. The number of benzene rings is 1. The Morgan fingerprint density at radius 1 is 1.08 bits per heavy atom.